The predicted molar refractivity (Wildman–Crippen MR) is 109 cm³/mol. The second-order valence-corrected chi connectivity index (χ2v) is 7.21. The van der Waals surface area contributed by atoms with Crippen molar-refractivity contribution in [2.75, 3.05) is 5.32 Å². The van der Waals surface area contributed by atoms with Gasteiger partial charge in [-0.15, -0.1) is 11.3 Å². The molecule has 0 fully saturated rings. The van der Waals surface area contributed by atoms with Crippen LogP contribution in [-0.4, -0.2) is 15.0 Å². The summed E-state index contributed by atoms with van der Waals surface area (Å²) in [6, 6.07) is 14.6. The summed E-state index contributed by atoms with van der Waals surface area (Å²) in [6.07, 6.45) is 5.59. The highest BCUT2D eigenvalue weighted by Crippen LogP contribution is 2.33. The van der Waals surface area contributed by atoms with Gasteiger partial charge in [-0.2, -0.15) is 0 Å². The zero-order valence-corrected chi connectivity index (χ0v) is 15.7. The molecule has 0 aliphatic heterocycles. The van der Waals surface area contributed by atoms with Crippen LogP contribution in [0.1, 0.15) is 24.3 Å². The highest BCUT2D eigenvalue weighted by atomic mass is 32.1. The van der Waals surface area contributed by atoms with Crippen LogP contribution >= 0.6 is 11.3 Å². The van der Waals surface area contributed by atoms with Crippen LogP contribution in [0.4, 0.5) is 11.5 Å². The van der Waals surface area contributed by atoms with Crippen molar-refractivity contribution in [1.29, 1.82) is 0 Å². The van der Waals surface area contributed by atoms with Gasteiger partial charge in [0.15, 0.2) is 5.82 Å². The van der Waals surface area contributed by atoms with E-state index in [9.17, 15) is 0 Å². The van der Waals surface area contributed by atoms with Crippen molar-refractivity contribution in [2.45, 2.75) is 26.7 Å². The summed E-state index contributed by atoms with van der Waals surface area (Å²) in [5.41, 5.74) is 3.28. The first-order valence-corrected chi connectivity index (χ1v) is 9.65. The summed E-state index contributed by atoms with van der Waals surface area (Å²) in [7, 11) is 0. The Labute approximate surface area is 157 Å². The molecule has 3 aromatic heterocycles. The van der Waals surface area contributed by atoms with Crippen molar-refractivity contribution in [2.24, 2.45) is 0 Å². The molecule has 4 aromatic rings. The van der Waals surface area contributed by atoms with E-state index >= 15 is 0 Å². The molecule has 3 heterocycles. The van der Waals surface area contributed by atoms with E-state index in [-0.39, 0.29) is 0 Å². The minimum atomic E-state index is 0.697. The highest BCUT2D eigenvalue weighted by molar-refractivity contribution is 7.18. The summed E-state index contributed by atoms with van der Waals surface area (Å²) in [4.78, 5) is 16.1. The summed E-state index contributed by atoms with van der Waals surface area (Å²) in [5.74, 6) is 1.54. The molecule has 130 valence electrons. The molecule has 0 unspecified atom stereocenters. The molecule has 26 heavy (non-hydrogen) atoms. The van der Waals surface area contributed by atoms with E-state index in [1.807, 2.05) is 12.1 Å². The van der Waals surface area contributed by atoms with E-state index in [0.717, 1.165) is 40.1 Å². The van der Waals surface area contributed by atoms with E-state index < -0.39 is 0 Å². The zero-order valence-electron chi connectivity index (χ0n) is 14.9. The molecule has 0 atom stereocenters. The number of aromatic nitrogens is 3. The maximum Gasteiger partial charge on any atom is 0.164 e. The lowest BCUT2D eigenvalue weighted by Crippen LogP contribution is -1.98. The third kappa shape index (κ3) is 3.30. The lowest BCUT2D eigenvalue weighted by Gasteiger charge is -2.09. The molecule has 0 spiro atoms. The summed E-state index contributed by atoms with van der Waals surface area (Å²) in [6.45, 7) is 4.32. The van der Waals surface area contributed by atoms with Crippen molar-refractivity contribution in [3.63, 3.8) is 0 Å². The Morgan fingerprint density at radius 1 is 1.00 bits per heavy atom. The predicted octanol–water partition coefficient (Wildman–Crippen LogP) is 5.62. The number of pyridine rings is 1. The standard InChI is InChI=1S/C21H20N4S/c1-3-14-7-9-16(10-8-14)23-20-18-12-17(4-2)26-21(18)25-19(24-20)15-6-5-11-22-13-15/h5-13H,3-4H2,1-2H3,(H,23,24,25). The molecule has 4 rings (SSSR count). The number of hydrogen-bond acceptors (Lipinski definition) is 5. The van der Waals surface area contributed by atoms with E-state index in [1.54, 1.807) is 23.7 Å². The van der Waals surface area contributed by atoms with Crippen molar-refractivity contribution in [3.05, 3.63) is 65.3 Å². The Morgan fingerprint density at radius 3 is 2.54 bits per heavy atom. The first kappa shape index (κ1) is 16.7. The smallest absolute Gasteiger partial charge is 0.164 e. The number of hydrogen-bond donors (Lipinski definition) is 1. The number of thiophene rings is 1. The molecule has 0 amide bonds. The van der Waals surface area contributed by atoms with Crippen molar-refractivity contribution in [3.8, 4) is 11.4 Å². The van der Waals surface area contributed by atoms with Crippen LogP contribution in [0.3, 0.4) is 0 Å². The van der Waals surface area contributed by atoms with Crippen LogP contribution in [0.5, 0.6) is 0 Å². The lowest BCUT2D eigenvalue weighted by atomic mass is 10.1. The van der Waals surface area contributed by atoms with Gasteiger partial charge in [-0.1, -0.05) is 26.0 Å². The summed E-state index contributed by atoms with van der Waals surface area (Å²) in [5, 5.41) is 4.55. The fourth-order valence-corrected chi connectivity index (χ4v) is 3.79. The van der Waals surface area contributed by atoms with Crippen molar-refractivity contribution >= 4 is 33.1 Å². The molecule has 4 nitrogen and oxygen atoms in total. The Balaban J connectivity index is 1.81. The maximum atomic E-state index is 4.80. The van der Waals surface area contributed by atoms with Gasteiger partial charge in [-0.25, -0.2) is 9.97 Å². The van der Waals surface area contributed by atoms with Gasteiger partial charge < -0.3 is 5.32 Å². The third-order valence-electron chi connectivity index (χ3n) is 4.34. The van der Waals surface area contributed by atoms with Gasteiger partial charge in [0, 0.05) is 28.5 Å². The topological polar surface area (TPSA) is 50.7 Å². The fourth-order valence-electron chi connectivity index (χ4n) is 2.83. The lowest BCUT2D eigenvalue weighted by molar-refractivity contribution is 1.14. The van der Waals surface area contributed by atoms with Gasteiger partial charge in [0.25, 0.3) is 0 Å². The van der Waals surface area contributed by atoms with Crippen LogP contribution < -0.4 is 5.32 Å². The molecule has 1 aromatic carbocycles. The molecular formula is C21H20N4S. The van der Waals surface area contributed by atoms with Crippen LogP contribution in [-0.2, 0) is 12.8 Å². The average Bonchev–Trinajstić information content (AvgIpc) is 3.13. The quantitative estimate of drug-likeness (QED) is 0.502. The van der Waals surface area contributed by atoms with E-state index in [0.29, 0.717) is 5.82 Å². The van der Waals surface area contributed by atoms with Gasteiger partial charge in [0.2, 0.25) is 0 Å². The van der Waals surface area contributed by atoms with Gasteiger partial charge >= 0.3 is 0 Å². The van der Waals surface area contributed by atoms with Crippen LogP contribution in [0.25, 0.3) is 21.6 Å². The van der Waals surface area contributed by atoms with E-state index in [4.69, 9.17) is 9.97 Å². The monoisotopic (exact) mass is 360 g/mol. The highest BCUT2D eigenvalue weighted by Gasteiger charge is 2.13. The van der Waals surface area contributed by atoms with Gasteiger partial charge in [0.05, 0.1) is 5.39 Å². The van der Waals surface area contributed by atoms with E-state index in [1.165, 1.54) is 10.4 Å². The number of benzene rings is 1. The van der Waals surface area contributed by atoms with Crippen molar-refractivity contribution < 1.29 is 0 Å². The molecule has 0 aliphatic rings. The van der Waals surface area contributed by atoms with E-state index in [2.05, 4.69) is 54.5 Å². The largest absolute Gasteiger partial charge is 0.340 e. The first-order valence-electron chi connectivity index (χ1n) is 8.83. The minimum Gasteiger partial charge on any atom is -0.340 e. The maximum absolute atomic E-state index is 4.80. The number of nitrogens with zero attached hydrogens (tertiary/aromatic N) is 3. The summed E-state index contributed by atoms with van der Waals surface area (Å²) < 4.78 is 0. The van der Waals surface area contributed by atoms with Crippen molar-refractivity contribution in [1.82, 2.24) is 15.0 Å². The third-order valence-corrected chi connectivity index (χ3v) is 5.51. The Morgan fingerprint density at radius 2 is 1.85 bits per heavy atom. The van der Waals surface area contributed by atoms with Crippen LogP contribution in [0.15, 0.2) is 54.9 Å². The zero-order chi connectivity index (χ0) is 17.9. The second kappa shape index (κ2) is 7.22. The molecular weight excluding hydrogens is 340 g/mol. The molecule has 0 aliphatic carbocycles. The molecule has 0 saturated heterocycles. The van der Waals surface area contributed by atoms with Crippen LogP contribution in [0, 0.1) is 0 Å². The number of fused-ring (bicyclic) bond motifs is 1. The normalized spacial score (nSPS) is 11.0. The Kier molecular flexibility index (Phi) is 4.63. The minimum absolute atomic E-state index is 0.697. The molecule has 0 radical (unpaired) electrons. The molecule has 0 bridgehead atoms. The number of rotatable bonds is 5. The molecule has 0 saturated carbocycles. The fraction of sp³-hybridized carbons (Fsp3) is 0.190. The Bertz CT molecular complexity index is 1020. The number of aryl methyl sites for hydroxylation is 2. The number of nitrogens with one attached hydrogen (secondary N) is 1. The van der Waals surface area contributed by atoms with Gasteiger partial charge in [-0.3, -0.25) is 4.98 Å². The second-order valence-electron chi connectivity index (χ2n) is 6.10. The number of anilines is 2. The van der Waals surface area contributed by atoms with Crippen LogP contribution in [0.2, 0.25) is 0 Å². The Hall–Kier alpha value is -2.79. The first-order chi connectivity index (χ1) is 12.8. The molecule has 5 heteroatoms. The van der Waals surface area contributed by atoms with Gasteiger partial charge in [0.1, 0.15) is 10.6 Å². The average molecular weight is 360 g/mol. The molecule has 1 N–H and O–H groups in total. The van der Waals surface area contributed by atoms with Gasteiger partial charge in [-0.05, 0) is 48.7 Å². The SMILES string of the molecule is CCc1ccc(Nc2nc(-c3cccnc3)nc3sc(CC)cc23)cc1. The summed E-state index contributed by atoms with van der Waals surface area (Å²) >= 11 is 1.73.